The normalized spacial score (nSPS) is 28.8. The van der Waals surface area contributed by atoms with Gasteiger partial charge in [-0.15, -0.1) is 0 Å². The minimum absolute atomic E-state index is 0.0566. The molecule has 1 aliphatic heterocycles. The molecule has 0 radical (unpaired) electrons. The van der Waals surface area contributed by atoms with Crippen molar-refractivity contribution in [2.75, 3.05) is 6.54 Å². The van der Waals surface area contributed by atoms with Crippen molar-refractivity contribution in [3.63, 3.8) is 0 Å². The SMILES string of the molecule is CCCCCC1C=CC2=C(CCN(C(=O)N[C@H]3C[C@H](N)C3(F)F)[C@H]2c2ccc(F)cc2)C1. The Morgan fingerprint density at radius 1 is 1.25 bits per heavy atom. The van der Waals surface area contributed by atoms with Crippen molar-refractivity contribution in [2.24, 2.45) is 11.7 Å². The van der Waals surface area contributed by atoms with Crippen molar-refractivity contribution in [3.8, 4) is 0 Å². The number of halogens is 3. The van der Waals surface area contributed by atoms with Gasteiger partial charge in [-0.1, -0.05) is 56.0 Å². The largest absolute Gasteiger partial charge is 0.329 e. The summed E-state index contributed by atoms with van der Waals surface area (Å²) in [4.78, 5) is 14.7. The first kappa shape index (κ1) is 22.9. The predicted molar refractivity (Wildman–Crippen MR) is 119 cm³/mol. The molecule has 4 nitrogen and oxygen atoms in total. The number of nitrogens with zero attached hydrogens (tertiary/aromatic N) is 1. The number of carbonyl (C=O) groups is 1. The molecule has 0 spiro atoms. The fraction of sp³-hybridized carbons (Fsp3) is 0.560. The molecule has 2 amide bonds. The van der Waals surface area contributed by atoms with Crippen LogP contribution in [-0.2, 0) is 0 Å². The van der Waals surface area contributed by atoms with E-state index in [1.54, 1.807) is 17.0 Å². The van der Waals surface area contributed by atoms with E-state index in [0.29, 0.717) is 12.5 Å². The molecule has 2 aliphatic carbocycles. The molecule has 1 unspecified atom stereocenters. The van der Waals surface area contributed by atoms with Crippen LogP contribution in [0.2, 0.25) is 0 Å². The molecule has 3 N–H and O–H groups in total. The van der Waals surface area contributed by atoms with Gasteiger partial charge in [-0.3, -0.25) is 0 Å². The van der Waals surface area contributed by atoms with Gasteiger partial charge in [0, 0.05) is 6.54 Å². The first-order valence-electron chi connectivity index (χ1n) is 11.7. The van der Waals surface area contributed by atoms with Crippen LogP contribution >= 0.6 is 0 Å². The van der Waals surface area contributed by atoms with E-state index in [4.69, 9.17) is 5.73 Å². The number of hydrogen-bond acceptors (Lipinski definition) is 2. The van der Waals surface area contributed by atoms with E-state index in [1.807, 2.05) is 0 Å². The van der Waals surface area contributed by atoms with Crippen molar-refractivity contribution in [2.45, 2.75) is 75.9 Å². The molecule has 174 valence electrons. The second-order valence-corrected chi connectivity index (χ2v) is 9.29. The zero-order valence-electron chi connectivity index (χ0n) is 18.5. The Labute approximate surface area is 187 Å². The van der Waals surface area contributed by atoms with Crippen molar-refractivity contribution in [1.82, 2.24) is 10.2 Å². The summed E-state index contributed by atoms with van der Waals surface area (Å²) >= 11 is 0. The summed E-state index contributed by atoms with van der Waals surface area (Å²) in [5.74, 6) is -2.96. The zero-order valence-corrected chi connectivity index (χ0v) is 18.5. The Hall–Kier alpha value is -2.28. The maximum Gasteiger partial charge on any atom is 0.318 e. The number of nitrogens with one attached hydrogen (secondary N) is 1. The van der Waals surface area contributed by atoms with Gasteiger partial charge in [-0.05, 0) is 54.9 Å². The number of hydrogen-bond donors (Lipinski definition) is 2. The van der Waals surface area contributed by atoms with E-state index in [1.165, 1.54) is 37.0 Å². The van der Waals surface area contributed by atoms with Crippen molar-refractivity contribution >= 4 is 6.03 Å². The van der Waals surface area contributed by atoms with Gasteiger partial charge in [0.05, 0.1) is 18.1 Å². The van der Waals surface area contributed by atoms with Crippen LogP contribution in [0.4, 0.5) is 18.0 Å². The van der Waals surface area contributed by atoms with Crippen LogP contribution in [0.3, 0.4) is 0 Å². The molecule has 0 aromatic heterocycles. The molecular weight excluding hydrogens is 415 g/mol. The van der Waals surface area contributed by atoms with Crippen LogP contribution < -0.4 is 11.1 Å². The molecule has 0 bridgehead atoms. The summed E-state index contributed by atoms with van der Waals surface area (Å²) < 4.78 is 41.6. The molecule has 1 fully saturated rings. The highest BCUT2D eigenvalue weighted by atomic mass is 19.3. The lowest BCUT2D eigenvalue weighted by Gasteiger charge is -2.45. The molecule has 1 aromatic rings. The molecule has 32 heavy (non-hydrogen) atoms. The standard InChI is InChI=1S/C25H32F3N3O/c1-2-3-4-5-16-6-11-20-18(14-16)12-13-31(23(20)17-7-9-19(26)10-8-17)24(32)30-22-15-21(29)25(22,27)28/h6-11,16,21-23H,2-5,12-15,29H2,1H3,(H,30,32)/t16?,21-,22-,23-/m0/s1. The summed E-state index contributed by atoms with van der Waals surface area (Å²) in [7, 11) is 0. The Kier molecular flexibility index (Phi) is 6.65. The number of amides is 2. The maximum atomic E-state index is 14.0. The second-order valence-electron chi connectivity index (χ2n) is 9.29. The molecule has 0 saturated heterocycles. The lowest BCUT2D eigenvalue weighted by atomic mass is 9.78. The smallest absolute Gasteiger partial charge is 0.318 e. The third-order valence-electron chi connectivity index (χ3n) is 7.10. The van der Waals surface area contributed by atoms with Gasteiger partial charge in [0.2, 0.25) is 0 Å². The van der Waals surface area contributed by atoms with Crippen molar-refractivity contribution in [3.05, 3.63) is 58.9 Å². The number of alkyl halides is 2. The Morgan fingerprint density at radius 2 is 2.00 bits per heavy atom. The average molecular weight is 448 g/mol. The van der Waals surface area contributed by atoms with Crippen LogP contribution in [0, 0.1) is 11.7 Å². The third kappa shape index (κ3) is 4.45. The summed E-state index contributed by atoms with van der Waals surface area (Å²) in [6, 6.07) is 2.67. The van der Waals surface area contributed by atoms with Crippen LogP contribution in [0.25, 0.3) is 0 Å². The van der Waals surface area contributed by atoms with Gasteiger partial charge in [-0.25, -0.2) is 18.0 Å². The highest BCUT2D eigenvalue weighted by molar-refractivity contribution is 5.77. The maximum absolute atomic E-state index is 14.0. The first-order valence-corrected chi connectivity index (χ1v) is 11.7. The van der Waals surface area contributed by atoms with E-state index in [-0.39, 0.29) is 12.2 Å². The number of urea groups is 1. The number of rotatable bonds is 6. The predicted octanol–water partition coefficient (Wildman–Crippen LogP) is 5.47. The number of allylic oxidation sites excluding steroid dienone is 1. The molecule has 1 aromatic carbocycles. The van der Waals surface area contributed by atoms with Crippen molar-refractivity contribution in [1.29, 1.82) is 0 Å². The van der Waals surface area contributed by atoms with Gasteiger partial charge in [0.15, 0.2) is 0 Å². The fourth-order valence-electron chi connectivity index (χ4n) is 5.07. The number of unbranched alkanes of at least 4 members (excludes halogenated alkanes) is 2. The number of benzene rings is 1. The van der Waals surface area contributed by atoms with Gasteiger partial charge in [0.25, 0.3) is 5.92 Å². The topological polar surface area (TPSA) is 58.4 Å². The van der Waals surface area contributed by atoms with E-state index in [0.717, 1.165) is 30.4 Å². The summed E-state index contributed by atoms with van der Waals surface area (Å²) in [5.41, 5.74) is 8.53. The molecule has 1 saturated carbocycles. The molecule has 3 aliphatic rings. The second kappa shape index (κ2) is 9.30. The Bertz CT molecular complexity index is 896. The first-order chi connectivity index (χ1) is 15.3. The summed E-state index contributed by atoms with van der Waals surface area (Å²) in [6.45, 7) is 2.63. The molecule has 1 heterocycles. The van der Waals surface area contributed by atoms with Crippen LogP contribution in [-0.4, -0.2) is 35.5 Å². The average Bonchev–Trinajstić information content (AvgIpc) is 2.78. The highest BCUT2D eigenvalue weighted by Crippen LogP contribution is 2.43. The Balaban J connectivity index is 1.56. The summed E-state index contributed by atoms with van der Waals surface area (Å²) in [6.07, 6.45) is 10.8. The van der Waals surface area contributed by atoms with Gasteiger partial charge in [-0.2, -0.15) is 0 Å². The quantitative estimate of drug-likeness (QED) is 0.568. The molecular formula is C25H32F3N3O. The van der Waals surface area contributed by atoms with E-state index in [2.05, 4.69) is 24.4 Å². The lowest BCUT2D eigenvalue weighted by molar-refractivity contribution is -0.121. The molecule has 7 heteroatoms. The highest BCUT2D eigenvalue weighted by Gasteiger charge is 2.57. The third-order valence-corrected chi connectivity index (χ3v) is 7.10. The van der Waals surface area contributed by atoms with E-state index in [9.17, 15) is 18.0 Å². The van der Waals surface area contributed by atoms with Gasteiger partial charge in [0.1, 0.15) is 5.82 Å². The van der Waals surface area contributed by atoms with Crippen molar-refractivity contribution < 1.29 is 18.0 Å². The van der Waals surface area contributed by atoms with Crippen LogP contribution in [0.15, 0.2) is 47.6 Å². The van der Waals surface area contributed by atoms with Gasteiger partial charge >= 0.3 is 6.03 Å². The van der Waals surface area contributed by atoms with Crippen LogP contribution in [0.1, 0.15) is 63.5 Å². The Morgan fingerprint density at radius 3 is 2.66 bits per heavy atom. The summed E-state index contributed by atoms with van der Waals surface area (Å²) in [5, 5.41) is 2.49. The zero-order chi connectivity index (χ0) is 22.9. The molecule has 4 rings (SSSR count). The monoisotopic (exact) mass is 447 g/mol. The molecule has 4 atom stereocenters. The van der Waals surface area contributed by atoms with E-state index >= 15 is 0 Å². The number of carbonyl (C=O) groups excluding carboxylic acids is 1. The lowest BCUT2D eigenvalue weighted by Crippen LogP contribution is -2.68. The minimum Gasteiger partial charge on any atom is -0.329 e. The number of nitrogens with two attached hydrogens (primary N) is 1. The minimum atomic E-state index is -3.10. The van der Waals surface area contributed by atoms with Gasteiger partial charge < -0.3 is 16.0 Å². The fourth-order valence-corrected chi connectivity index (χ4v) is 5.07. The van der Waals surface area contributed by atoms with E-state index < -0.39 is 30.1 Å². The van der Waals surface area contributed by atoms with Crippen LogP contribution in [0.5, 0.6) is 0 Å².